The summed E-state index contributed by atoms with van der Waals surface area (Å²) in [7, 11) is 0. The SMILES string of the molecule is CBr.CCCCc1ccccc1. The van der Waals surface area contributed by atoms with Crippen LogP contribution in [0.3, 0.4) is 0 Å². The van der Waals surface area contributed by atoms with E-state index in [9.17, 15) is 0 Å². The summed E-state index contributed by atoms with van der Waals surface area (Å²) in [4.78, 5) is 0. The van der Waals surface area contributed by atoms with Crippen molar-refractivity contribution in [2.45, 2.75) is 26.2 Å². The van der Waals surface area contributed by atoms with Crippen molar-refractivity contribution in [2.75, 3.05) is 5.83 Å². The van der Waals surface area contributed by atoms with E-state index in [2.05, 4.69) is 53.2 Å². The Morgan fingerprint density at radius 2 is 1.67 bits per heavy atom. The first kappa shape index (κ1) is 11.7. The Morgan fingerprint density at radius 1 is 1.08 bits per heavy atom. The first-order valence-electron chi connectivity index (χ1n) is 4.35. The van der Waals surface area contributed by atoms with Crippen molar-refractivity contribution in [1.82, 2.24) is 0 Å². The van der Waals surface area contributed by atoms with Gasteiger partial charge in [0.1, 0.15) is 0 Å². The third kappa shape index (κ3) is 5.36. The van der Waals surface area contributed by atoms with Crippen molar-refractivity contribution in [3.8, 4) is 0 Å². The molecule has 0 N–H and O–H groups in total. The van der Waals surface area contributed by atoms with Gasteiger partial charge in [0, 0.05) is 0 Å². The Balaban J connectivity index is 0.000000561. The van der Waals surface area contributed by atoms with Gasteiger partial charge in [0.05, 0.1) is 0 Å². The molecule has 0 spiro atoms. The molecule has 0 fully saturated rings. The lowest BCUT2D eigenvalue weighted by molar-refractivity contribution is 0.795. The zero-order valence-corrected chi connectivity index (χ0v) is 9.47. The average Bonchev–Trinajstić information content (AvgIpc) is 2.19. The third-order valence-corrected chi connectivity index (χ3v) is 1.66. The highest BCUT2D eigenvalue weighted by Crippen LogP contribution is 2.03. The first-order valence-corrected chi connectivity index (χ1v) is 5.94. The highest BCUT2D eigenvalue weighted by Gasteiger charge is 1.87. The number of hydrogen-bond donors (Lipinski definition) is 0. The minimum absolute atomic E-state index is 1.23. The van der Waals surface area contributed by atoms with E-state index in [0.717, 1.165) is 0 Å². The maximum absolute atomic E-state index is 2.94. The van der Waals surface area contributed by atoms with Gasteiger partial charge in [-0.15, -0.1) is 0 Å². The molecule has 0 aromatic heterocycles. The maximum atomic E-state index is 2.94. The molecule has 0 saturated heterocycles. The third-order valence-electron chi connectivity index (χ3n) is 1.66. The van der Waals surface area contributed by atoms with E-state index in [1.54, 1.807) is 0 Å². The van der Waals surface area contributed by atoms with Crippen LogP contribution in [-0.2, 0) is 6.42 Å². The molecule has 0 unspecified atom stereocenters. The summed E-state index contributed by atoms with van der Waals surface area (Å²) in [6.45, 7) is 2.23. The monoisotopic (exact) mass is 228 g/mol. The zero-order valence-electron chi connectivity index (χ0n) is 7.89. The summed E-state index contributed by atoms with van der Waals surface area (Å²) in [5.41, 5.74) is 1.46. The molecule has 0 saturated carbocycles. The van der Waals surface area contributed by atoms with Gasteiger partial charge < -0.3 is 0 Å². The molecule has 0 aliphatic carbocycles. The summed E-state index contributed by atoms with van der Waals surface area (Å²) in [5.74, 6) is 1.81. The largest absolute Gasteiger partial charge is 0.0966 e. The van der Waals surface area contributed by atoms with Crippen LogP contribution in [-0.4, -0.2) is 5.83 Å². The number of halogens is 1. The predicted octanol–water partition coefficient (Wildman–Crippen LogP) is 4.04. The van der Waals surface area contributed by atoms with E-state index in [4.69, 9.17) is 0 Å². The van der Waals surface area contributed by atoms with Crippen LogP contribution in [0.4, 0.5) is 0 Å². The zero-order chi connectivity index (χ0) is 9.23. The molecule has 1 rings (SSSR count). The first-order chi connectivity index (χ1) is 5.93. The van der Waals surface area contributed by atoms with E-state index in [1.165, 1.54) is 24.8 Å². The van der Waals surface area contributed by atoms with Gasteiger partial charge in [-0.05, 0) is 24.2 Å². The molecular formula is C11H17Br. The molecule has 1 aromatic rings. The normalized spacial score (nSPS) is 8.58. The van der Waals surface area contributed by atoms with E-state index in [1.807, 2.05) is 5.83 Å². The van der Waals surface area contributed by atoms with E-state index in [0.29, 0.717) is 0 Å². The quantitative estimate of drug-likeness (QED) is 0.686. The van der Waals surface area contributed by atoms with Crippen LogP contribution in [0, 0.1) is 0 Å². The smallest absolute Gasteiger partial charge is 0.00848 e. The second-order valence-corrected chi connectivity index (χ2v) is 2.59. The molecule has 0 amide bonds. The molecule has 68 valence electrons. The van der Waals surface area contributed by atoms with Crippen LogP contribution in [0.1, 0.15) is 25.3 Å². The molecule has 0 radical (unpaired) electrons. The van der Waals surface area contributed by atoms with Gasteiger partial charge in [-0.3, -0.25) is 0 Å². The molecule has 1 aromatic carbocycles. The molecule has 0 heterocycles. The number of benzene rings is 1. The molecule has 12 heavy (non-hydrogen) atoms. The fourth-order valence-corrected chi connectivity index (χ4v) is 1.03. The maximum Gasteiger partial charge on any atom is -0.00848 e. The van der Waals surface area contributed by atoms with Crippen molar-refractivity contribution >= 4 is 15.9 Å². The van der Waals surface area contributed by atoms with Crippen LogP contribution in [0.15, 0.2) is 30.3 Å². The minimum atomic E-state index is 1.23. The van der Waals surface area contributed by atoms with Gasteiger partial charge in [0.25, 0.3) is 0 Å². The minimum Gasteiger partial charge on any atom is -0.0966 e. The van der Waals surface area contributed by atoms with E-state index in [-0.39, 0.29) is 0 Å². The highest BCUT2D eigenvalue weighted by atomic mass is 79.9. The van der Waals surface area contributed by atoms with Crippen LogP contribution >= 0.6 is 15.9 Å². The molecule has 0 nitrogen and oxygen atoms in total. The summed E-state index contributed by atoms with van der Waals surface area (Å²) in [6, 6.07) is 10.6. The Bertz CT molecular complexity index is 170. The van der Waals surface area contributed by atoms with Crippen molar-refractivity contribution in [2.24, 2.45) is 0 Å². The van der Waals surface area contributed by atoms with E-state index < -0.39 is 0 Å². The fourth-order valence-electron chi connectivity index (χ4n) is 1.03. The Morgan fingerprint density at radius 3 is 2.17 bits per heavy atom. The van der Waals surface area contributed by atoms with E-state index >= 15 is 0 Å². The molecule has 0 aliphatic rings. The second kappa shape index (κ2) is 8.79. The Hall–Kier alpha value is -0.300. The molecule has 0 atom stereocenters. The van der Waals surface area contributed by atoms with Gasteiger partial charge in [0.2, 0.25) is 0 Å². The van der Waals surface area contributed by atoms with Gasteiger partial charge in [-0.2, -0.15) is 0 Å². The van der Waals surface area contributed by atoms with Crippen LogP contribution in [0.5, 0.6) is 0 Å². The number of aryl methyl sites for hydroxylation is 1. The lowest BCUT2D eigenvalue weighted by atomic mass is 10.1. The number of alkyl halides is 1. The summed E-state index contributed by atoms with van der Waals surface area (Å²) in [6.07, 6.45) is 3.83. The van der Waals surface area contributed by atoms with Crippen LogP contribution in [0.2, 0.25) is 0 Å². The molecule has 1 heteroatoms. The van der Waals surface area contributed by atoms with Crippen LogP contribution < -0.4 is 0 Å². The number of rotatable bonds is 3. The highest BCUT2D eigenvalue weighted by molar-refractivity contribution is 9.08. The lowest BCUT2D eigenvalue weighted by Crippen LogP contribution is -1.81. The molecule has 0 aliphatic heterocycles. The van der Waals surface area contributed by atoms with Gasteiger partial charge in [-0.1, -0.05) is 59.6 Å². The van der Waals surface area contributed by atoms with Crippen molar-refractivity contribution < 1.29 is 0 Å². The number of hydrogen-bond acceptors (Lipinski definition) is 0. The Kier molecular flexibility index (Phi) is 8.57. The predicted molar refractivity (Wildman–Crippen MR) is 59.9 cm³/mol. The fraction of sp³-hybridized carbons (Fsp3) is 0.455. The topological polar surface area (TPSA) is 0 Å². The summed E-state index contributed by atoms with van der Waals surface area (Å²) < 4.78 is 0. The van der Waals surface area contributed by atoms with Crippen molar-refractivity contribution in [3.63, 3.8) is 0 Å². The summed E-state index contributed by atoms with van der Waals surface area (Å²) >= 11 is 2.94. The lowest BCUT2D eigenvalue weighted by Gasteiger charge is -1.96. The number of unbranched alkanes of at least 4 members (excludes halogenated alkanes) is 1. The van der Waals surface area contributed by atoms with Crippen molar-refractivity contribution in [1.29, 1.82) is 0 Å². The van der Waals surface area contributed by atoms with Crippen LogP contribution in [0.25, 0.3) is 0 Å². The summed E-state index contributed by atoms with van der Waals surface area (Å²) in [5, 5.41) is 0. The average molecular weight is 229 g/mol. The molecule has 0 bridgehead atoms. The van der Waals surface area contributed by atoms with Crippen molar-refractivity contribution in [3.05, 3.63) is 35.9 Å². The van der Waals surface area contributed by atoms with Gasteiger partial charge in [0.15, 0.2) is 0 Å². The van der Waals surface area contributed by atoms with Gasteiger partial charge in [-0.25, -0.2) is 0 Å². The Labute approximate surface area is 84.1 Å². The van der Waals surface area contributed by atoms with Gasteiger partial charge >= 0.3 is 0 Å². The standard InChI is InChI=1S/C10H14.CH3Br/c1-2-3-7-10-8-5-4-6-9-10;1-2/h4-6,8-9H,2-3,7H2,1H3;1H3. The molecular weight excluding hydrogens is 212 g/mol. The second-order valence-electron chi connectivity index (χ2n) is 2.59.